The van der Waals surface area contributed by atoms with Crippen LogP contribution in [0.1, 0.15) is 24.5 Å². The number of imidazole rings is 1. The molecule has 0 saturated heterocycles. The molecule has 194 valence electrons. The minimum atomic E-state index is 1.03. The van der Waals surface area contributed by atoms with Crippen molar-refractivity contribution >= 4 is 40.6 Å². The van der Waals surface area contributed by atoms with Gasteiger partial charge in [-0.15, -0.1) is 0 Å². The molecule has 4 rings (SSSR count). The number of aromatic nitrogens is 3. The molecule has 4 aromatic rings. The monoisotopic (exact) mass is 515 g/mol. The Morgan fingerprint density at radius 3 is 2.19 bits per heavy atom. The quantitative estimate of drug-likeness (QED) is 0.197. The summed E-state index contributed by atoms with van der Waals surface area (Å²) in [5, 5.41) is 1.30. The van der Waals surface area contributed by atoms with Crippen LogP contribution in [0.3, 0.4) is 0 Å². The standard InChI is InChI=1S/C31H41N5S/c1-6-19-36(28-15-13-26(14-16-28)11-12-27-17-20-32(2)21-18-27)23-22-33(3)24-25-37-31-34(4)29-9-7-8-10-30(29)35(31)5/h7-18,20-21H,6,19,22-25H2,1-5H3/q+2. The summed E-state index contributed by atoms with van der Waals surface area (Å²) in [7, 11) is 8.61. The Kier molecular flexibility index (Phi) is 9.42. The lowest BCUT2D eigenvalue weighted by Crippen LogP contribution is -2.35. The number of fused-ring (bicyclic) bond motifs is 1. The summed E-state index contributed by atoms with van der Waals surface area (Å²) in [6.45, 7) is 6.48. The molecule has 0 amide bonds. The molecule has 5 nitrogen and oxygen atoms in total. The van der Waals surface area contributed by atoms with Crippen LogP contribution in [0.15, 0.2) is 78.2 Å². The third kappa shape index (κ3) is 7.02. The lowest BCUT2D eigenvalue weighted by molar-refractivity contribution is -0.685. The number of anilines is 1. The van der Waals surface area contributed by atoms with Crippen LogP contribution in [-0.2, 0) is 21.1 Å². The van der Waals surface area contributed by atoms with Gasteiger partial charge in [-0.05, 0) is 60.6 Å². The first kappa shape index (κ1) is 27.0. The molecule has 0 radical (unpaired) electrons. The van der Waals surface area contributed by atoms with Crippen molar-refractivity contribution in [3.63, 3.8) is 0 Å². The largest absolute Gasteiger partial charge is 0.370 e. The molecular weight excluding hydrogens is 474 g/mol. The number of aryl methyl sites for hydroxylation is 3. The molecule has 0 atom stereocenters. The number of likely N-dealkylation sites (N-methyl/N-ethyl adjacent to an activating group) is 1. The van der Waals surface area contributed by atoms with E-state index in [1.54, 1.807) is 0 Å². The third-order valence-corrected chi connectivity index (χ3v) is 8.05. The van der Waals surface area contributed by atoms with Gasteiger partial charge in [0.15, 0.2) is 23.4 Å². The van der Waals surface area contributed by atoms with Crippen LogP contribution in [0.25, 0.3) is 23.2 Å². The highest BCUT2D eigenvalue weighted by molar-refractivity contribution is 7.99. The lowest BCUT2D eigenvalue weighted by Gasteiger charge is -2.27. The topological polar surface area (TPSA) is 19.2 Å². The van der Waals surface area contributed by atoms with Crippen molar-refractivity contribution in [3.05, 3.63) is 84.2 Å². The fraction of sp³-hybridized carbons (Fsp3) is 0.355. The summed E-state index contributed by atoms with van der Waals surface area (Å²) >= 11 is 1.94. The first-order valence-corrected chi connectivity index (χ1v) is 14.2. The van der Waals surface area contributed by atoms with E-state index in [1.165, 1.54) is 33.0 Å². The van der Waals surface area contributed by atoms with Crippen LogP contribution in [0, 0.1) is 0 Å². The van der Waals surface area contributed by atoms with Gasteiger partial charge in [-0.3, -0.25) is 0 Å². The van der Waals surface area contributed by atoms with Crippen LogP contribution in [-0.4, -0.2) is 48.4 Å². The Morgan fingerprint density at radius 2 is 1.51 bits per heavy atom. The molecule has 0 bridgehead atoms. The van der Waals surface area contributed by atoms with Gasteiger partial charge >= 0.3 is 5.16 Å². The van der Waals surface area contributed by atoms with E-state index in [0.717, 1.165) is 38.4 Å². The summed E-state index contributed by atoms with van der Waals surface area (Å²) in [4.78, 5) is 4.97. The van der Waals surface area contributed by atoms with Crippen LogP contribution in [0.4, 0.5) is 5.69 Å². The molecule has 2 heterocycles. The fourth-order valence-electron chi connectivity index (χ4n) is 4.60. The van der Waals surface area contributed by atoms with Gasteiger partial charge in [0.05, 0.1) is 14.1 Å². The minimum Gasteiger partial charge on any atom is -0.370 e. The van der Waals surface area contributed by atoms with E-state index in [1.807, 2.05) is 18.8 Å². The lowest BCUT2D eigenvalue weighted by atomic mass is 10.1. The van der Waals surface area contributed by atoms with Gasteiger partial charge in [0.25, 0.3) is 0 Å². The van der Waals surface area contributed by atoms with Gasteiger partial charge < -0.3 is 9.80 Å². The summed E-state index contributed by atoms with van der Waals surface area (Å²) in [5.41, 5.74) is 6.31. The number of pyridine rings is 1. The molecule has 0 aliphatic carbocycles. The zero-order valence-corrected chi connectivity index (χ0v) is 23.8. The Bertz CT molecular complexity index is 1270. The van der Waals surface area contributed by atoms with E-state index in [9.17, 15) is 0 Å². The Balaban J connectivity index is 1.28. The van der Waals surface area contributed by atoms with Crippen LogP contribution < -0.4 is 14.0 Å². The first-order chi connectivity index (χ1) is 18.0. The van der Waals surface area contributed by atoms with E-state index >= 15 is 0 Å². The van der Waals surface area contributed by atoms with Gasteiger partial charge in [0, 0.05) is 49.8 Å². The maximum atomic E-state index is 2.51. The average molecular weight is 516 g/mol. The second kappa shape index (κ2) is 12.9. The highest BCUT2D eigenvalue weighted by Crippen LogP contribution is 2.21. The minimum absolute atomic E-state index is 1.03. The average Bonchev–Trinajstić information content (AvgIpc) is 3.16. The van der Waals surface area contributed by atoms with Gasteiger partial charge in [-0.2, -0.15) is 0 Å². The van der Waals surface area contributed by atoms with E-state index in [0.29, 0.717) is 0 Å². The number of benzene rings is 2. The smallest absolute Gasteiger partial charge is 0.318 e. The molecule has 2 aromatic carbocycles. The van der Waals surface area contributed by atoms with E-state index < -0.39 is 0 Å². The van der Waals surface area contributed by atoms with E-state index in [2.05, 4.69) is 137 Å². The molecule has 0 N–H and O–H groups in total. The predicted molar refractivity (Wildman–Crippen MR) is 158 cm³/mol. The zero-order valence-electron chi connectivity index (χ0n) is 23.0. The second-order valence-corrected chi connectivity index (χ2v) is 10.8. The number of hydrogen-bond donors (Lipinski definition) is 0. The number of nitrogens with zero attached hydrogens (tertiary/aromatic N) is 5. The first-order valence-electron chi connectivity index (χ1n) is 13.2. The highest BCUT2D eigenvalue weighted by Gasteiger charge is 2.20. The van der Waals surface area contributed by atoms with Gasteiger partial charge in [-0.1, -0.05) is 43.3 Å². The molecule has 0 unspecified atom stereocenters. The normalized spacial score (nSPS) is 11.7. The van der Waals surface area contributed by atoms with Crippen molar-refractivity contribution in [1.82, 2.24) is 9.47 Å². The second-order valence-electron chi connectivity index (χ2n) is 9.75. The Labute approximate surface area is 226 Å². The van der Waals surface area contributed by atoms with Crippen molar-refractivity contribution in [2.24, 2.45) is 21.1 Å². The highest BCUT2D eigenvalue weighted by atomic mass is 32.2. The summed E-state index contributed by atoms with van der Waals surface area (Å²) in [5.74, 6) is 1.07. The van der Waals surface area contributed by atoms with Crippen molar-refractivity contribution in [2.45, 2.75) is 18.5 Å². The molecule has 0 saturated carbocycles. The number of thioether (sulfide) groups is 1. The molecule has 0 fully saturated rings. The number of para-hydroxylation sites is 2. The summed E-state index contributed by atoms with van der Waals surface area (Å²) in [6, 6.07) is 21.8. The van der Waals surface area contributed by atoms with Crippen molar-refractivity contribution in [1.29, 1.82) is 0 Å². The number of hydrogen-bond acceptors (Lipinski definition) is 3. The molecule has 37 heavy (non-hydrogen) atoms. The molecular formula is C31H41N5S+2. The molecule has 6 heteroatoms. The predicted octanol–water partition coefficient (Wildman–Crippen LogP) is 4.94. The molecule has 0 aliphatic heterocycles. The van der Waals surface area contributed by atoms with E-state index in [4.69, 9.17) is 0 Å². The SMILES string of the molecule is CCCN(CCN(C)CCSc1n(C)c2ccccc2[n+]1C)c1ccc(/C=C/c2cc[n+](C)cc2)cc1. The van der Waals surface area contributed by atoms with Crippen molar-refractivity contribution in [2.75, 3.05) is 43.9 Å². The van der Waals surface area contributed by atoms with Crippen molar-refractivity contribution < 1.29 is 9.13 Å². The van der Waals surface area contributed by atoms with Gasteiger partial charge in [-0.25, -0.2) is 13.7 Å². The number of rotatable bonds is 12. The maximum absolute atomic E-state index is 2.51. The van der Waals surface area contributed by atoms with Gasteiger partial charge in [0.1, 0.15) is 7.05 Å². The maximum Gasteiger partial charge on any atom is 0.318 e. The zero-order chi connectivity index (χ0) is 26.2. The summed E-state index contributed by atoms with van der Waals surface area (Å²) in [6.07, 6.45) is 9.65. The Hall–Kier alpha value is -3.09. The van der Waals surface area contributed by atoms with Crippen LogP contribution in [0.5, 0.6) is 0 Å². The van der Waals surface area contributed by atoms with Crippen molar-refractivity contribution in [3.8, 4) is 0 Å². The fourth-order valence-corrected chi connectivity index (χ4v) is 5.77. The molecule has 0 spiro atoms. The van der Waals surface area contributed by atoms with E-state index in [-0.39, 0.29) is 0 Å². The molecule has 2 aromatic heterocycles. The van der Waals surface area contributed by atoms with Crippen LogP contribution >= 0.6 is 11.8 Å². The third-order valence-electron chi connectivity index (χ3n) is 6.86. The Morgan fingerprint density at radius 1 is 0.838 bits per heavy atom. The van der Waals surface area contributed by atoms with Crippen LogP contribution in [0.2, 0.25) is 0 Å². The molecule has 0 aliphatic rings. The summed E-state index contributed by atoms with van der Waals surface area (Å²) < 4.78 is 6.67. The van der Waals surface area contributed by atoms with Gasteiger partial charge in [0.2, 0.25) is 0 Å².